The molecule has 0 saturated heterocycles. The maximum absolute atomic E-state index is 5.50. The van der Waals surface area contributed by atoms with Crippen molar-refractivity contribution in [3.63, 3.8) is 0 Å². The van der Waals surface area contributed by atoms with Gasteiger partial charge in [0.2, 0.25) is 0 Å². The fraction of sp³-hybridized carbons (Fsp3) is 0.714. The van der Waals surface area contributed by atoms with Gasteiger partial charge < -0.3 is 20.0 Å². The van der Waals surface area contributed by atoms with Gasteiger partial charge in [-0.1, -0.05) is 6.92 Å². The average molecular weight is 296 g/mol. The third kappa shape index (κ3) is 6.24. The number of ether oxygens (including phenoxy) is 1. The highest BCUT2D eigenvalue weighted by atomic mass is 16.5. The van der Waals surface area contributed by atoms with Gasteiger partial charge in [-0.15, -0.1) is 0 Å². The van der Waals surface area contributed by atoms with Gasteiger partial charge in [-0.25, -0.2) is 15.8 Å². The molecule has 120 valence electrons. The van der Waals surface area contributed by atoms with Crippen molar-refractivity contribution in [3.05, 3.63) is 11.9 Å². The lowest BCUT2D eigenvalue weighted by Crippen LogP contribution is -2.33. The monoisotopic (exact) mass is 296 g/mol. The largest absolute Gasteiger partial charge is 0.374 e. The number of likely N-dealkylation sites (N-methyl/N-ethyl adjacent to an activating group) is 1. The predicted octanol–water partition coefficient (Wildman–Crippen LogP) is 1.08. The summed E-state index contributed by atoms with van der Waals surface area (Å²) in [5, 5.41) is 0. The normalized spacial score (nSPS) is 11.0. The maximum atomic E-state index is 5.50. The second kappa shape index (κ2) is 9.49. The lowest BCUT2D eigenvalue weighted by atomic mass is 10.3. The van der Waals surface area contributed by atoms with Crippen LogP contribution in [0.3, 0.4) is 0 Å². The predicted molar refractivity (Wildman–Crippen MR) is 86.2 cm³/mol. The Morgan fingerprint density at radius 2 is 1.95 bits per heavy atom. The molecule has 1 aromatic rings. The molecule has 0 radical (unpaired) electrons. The van der Waals surface area contributed by atoms with E-state index in [4.69, 9.17) is 10.6 Å². The molecular formula is C14H28N6O. The number of hydrogen-bond donors (Lipinski definition) is 2. The Morgan fingerprint density at radius 1 is 1.19 bits per heavy atom. The molecule has 7 nitrogen and oxygen atoms in total. The number of rotatable bonds is 10. The second-order valence-corrected chi connectivity index (χ2v) is 5.10. The van der Waals surface area contributed by atoms with Crippen molar-refractivity contribution in [1.29, 1.82) is 0 Å². The summed E-state index contributed by atoms with van der Waals surface area (Å²) in [5.74, 6) is 7.65. The molecule has 1 rings (SSSR count). The minimum Gasteiger partial charge on any atom is -0.374 e. The van der Waals surface area contributed by atoms with E-state index in [1.807, 2.05) is 13.0 Å². The van der Waals surface area contributed by atoms with E-state index in [0.29, 0.717) is 24.9 Å². The Bertz CT molecular complexity index is 412. The summed E-state index contributed by atoms with van der Waals surface area (Å²) in [7, 11) is 4.13. The van der Waals surface area contributed by atoms with Crippen LogP contribution in [-0.2, 0) is 11.3 Å². The fourth-order valence-electron chi connectivity index (χ4n) is 1.91. The number of nitrogens with two attached hydrogens (primary N) is 1. The van der Waals surface area contributed by atoms with Crippen LogP contribution in [-0.4, -0.2) is 55.2 Å². The molecule has 0 amide bonds. The molecule has 7 heteroatoms. The second-order valence-electron chi connectivity index (χ2n) is 5.10. The van der Waals surface area contributed by atoms with Gasteiger partial charge in [0.25, 0.3) is 0 Å². The van der Waals surface area contributed by atoms with Crippen molar-refractivity contribution < 1.29 is 4.74 Å². The zero-order valence-electron chi connectivity index (χ0n) is 13.6. The fourth-order valence-corrected chi connectivity index (χ4v) is 1.91. The van der Waals surface area contributed by atoms with E-state index in [0.717, 1.165) is 31.9 Å². The van der Waals surface area contributed by atoms with E-state index in [9.17, 15) is 0 Å². The number of nitrogens with zero attached hydrogens (tertiary/aromatic N) is 4. The number of aromatic nitrogens is 2. The minimum absolute atomic E-state index is 0.396. The minimum atomic E-state index is 0.396. The topological polar surface area (TPSA) is 79.5 Å². The first kappa shape index (κ1) is 17.6. The Morgan fingerprint density at radius 3 is 2.52 bits per heavy atom. The summed E-state index contributed by atoms with van der Waals surface area (Å²) in [5.41, 5.74) is 2.60. The molecule has 0 spiro atoms. The standard InChI is InChI=1S/C14H28N6O/c1-5-7-20(9-8-19(3)4)14-10-12(18-15)16-13(17-14)11-21-6-2/h10H,5-9,11,15H2,1-4H3,(H,16,17,18). The quantitative estimate of drug-likeness (QED) is 0.494. The summed E-state index contributed by atoms with van der Waals surface area (Å²) in [6.07, 6.45) is 1.06. The zero-order valence-corrected chi connectivity index (χ0v) is 13.6. The van der Waals surface area contributed by atoms with Crippen LogP contribution in [0.25, 0.3) is 0 Å². The highest BCUT2D eigenvalue weighted by molar-refractivity contribution is 5.48. The first-order valence-electron chi connectivity index (χ1n) is 7.42. The average Bonchev–Trinajstić information content (AvgIpc) is 2.48. The van der Waals surface area contributed by atoms with Gasteiger partial charge in [0.05, 0.1) is 0 Å². The molecule has 0 fully saturated rings. The summed E-state index contributed by atoms with van der Waals surface area (Å²) in [6.45, 7) is 7.97. The summed E-state index contributed by atoms with van der Waals surface area (Å²) < 4.78 is 5.39. The summed E-state index contributed by atoms with van der Waals surface area (Å²) in [6, 6.07) is 1.88. The Hall–Kier alpha value is -1.44. The van der Waals surface area contributed by atoms with Gasteiger partial charge in [-0.05, 0) is 27.4 Å². The van der Waals surface area contributed by atoms with Crippen molar-refractivity contribution in [1.82, 2.24) is 14.9 Å². The molecule has 0 aliphatic rings. The van der Waals surface area contributed by atoms with Crippen LogP contribution in [0.5, 0.6) is 0 Å². The van der Waals surface area contributed by atoms with Crippen LogP contribution in [0.15, 0.2) is 6.07 Å². The van der Waals surface area contributed by atoms with Crippen LogP contribution >= 0.6 is 0 Å². The van der Waals surface area contributed by atoms with Crippen molar-refractivity contribution in [2.45, 2.75) is 26.9 Å². The molecule has 21 heavy (non-hydrogen) atoms. The van der Waals surface area contributed by atoms with Crippen LogP contribution in [0.1, 0.15) is 26.1 Å². The summed E-state index contributed by atoms with van der Waals surface area (Å²) >= 11 is 0. The van der Waals surface area contributed by atoms with Crippen molar-refractivity contribution in [3.8, 4) is 0 Å². The number of hydrazine groups is 1. The van der Waals surface area contributed by atoms with Gasteiger partial charge in [-0.3, -0.25) is 0 Å². The first-order valence-corrected chi connectivity index (χ1v) is 7.42. The molecule has 0 saturated carbocycles. The lowest BCUT2D eigenvalue weighted by molar-refractivity contribution is 0.128. The highest BCUT2D eigenvalue weighted by Gasteiger charge is 2.11. The van der Waals surface area contributed by atoms with Crippen molar-refractivity contribution >= 4 is 11.6 Å². The number of hydrogen-bond acceptors (Lipinski definition) is 7. The van der Waals surface area contributed by atoms with E-state index in [1.54, 1.807) is 0 Å². The lowest BCUT2D eigenvalue weighted by Gasteiger charge is -2.25. The van der Waals surface area contributed by atoms with E-state index in [-0.39, 0.29) is 0 Å². The number of nitrogen functional groups attached to an aromatic ring is 1. The molecule has 0 atom stereocenters. The number of anilines is 2. The third-order valence-electron chi connectivity index (χ3n) is 2.98. The molecule has 0 aliphatic carbocycles. The molecule has 0 unspecified atom stereocenters. The Kier molecular flexibility index (Phi) is 7.96. The maximum Gasteiger partial charge on any atom is 0.158 e. The third-order valence-corrected chi connectivity index (χ3v) is 2.98. The smallest absolute Gasteiger partial charge is 0.158 e. The van der Waals surface area contributed by atoms with E-state index in [2.05, 4.69) is 46.2 Å². The molecule has 1 heterocycles. The molecule has 3 N–H and O–H groups in total. The zero-order chi connectivity index (χ0) is 15.7. The molecular weight excluding hydrogens is 268 g/mol. The number of nitrogens with one attached hydrogen (secondary N) is 1. The van der Waals surface area contributed by atoms with E-state index in [1.165, 1.54) is 0 Å². The van der Waals surface area contributed by atoms with Gasteiger partial charge in [0.15, 0.2) is 5.82 Å². The SMILES string of the molecule is CCCN(CCN(C)C)c1cc(NN)nc(COCC)n1. The highest BCUT2D eigenvalue weighted by Crippen LogP contribution is 2.16. The molecule has 0 aromatic carbocycles. The van der Waals surface area contributed by atoms with Crippen LogP contribution in [0, 0.1) is 0 Å². The Balaban J connectivity index is 2.93. The molecule has 0 aliphatic heterocycles. The van der Waals surface area contributed by atoms with Crippen molar-refractivity contribution in [2.75, 3.05) is 50.7 Å². The van der Waals surface area contributed by atoms with Crippen LogP contribution in [0.2, 0.25) is 0 Å². The molecule has 0 bridgehead atoms. The van der Waals surface area contributed by atoms with E-state index >= 15 is 0 Å². The molecule has 1 aromatic heterocycles. The van der Waals surface area contributed by atoms with Gasteiger partial charge >= 0.3 is 0 Å². The van der Waals surface area contributed by atoms with Crippen molar-refractivity contribution in [2.24, 2.45) is 5.84 Å². The van der Waals surface area contributed by atoms with Gasteiger partial charge in [-0.2, -0.15) is 0 Å². The first-order chi connectivity index (χ1) is 10.1. The van der Waals surface area contributed by atoms with E-state index < -0.39 is 0 Å². The Labute approximate surface area is 127 Å². The van der Waals surface area contributed by atoms with Crippen LogP contribution in [0.4, 0.5) is 11.6 Å². The van der Waals surface area contributed by atoms with Gasteiger partial charge in [0, 0.05) is 32.3 Å². The summed E-state index contributed by atoms with van der Waals surface area (Å²) in [4.78, 5) is 13.3. The van der Waals surface area contributed by atoms with Crippen LogP contribution < -0.4 is 16.2 Å². The van der Waals surface area contributed by atoms with Gasteiger partial charge in [0.1, 0.15) is 18.2 Å².